The Kier molecular flexibility index (Phi) is 3.07. The summed E-state index contributed by atoms with van der Waals surface area (Å²) in [7, 11) is 1.64. The van der Waals surface area contributed by atoms with Crippen molar-refractivity contribution in [2.75, 3.05) is 31.6 Å². The van der Waals surface area contributed by atoms with Crippen molar-refractivity contribution in [2.45, 2.75) is 19.4 Å². The van der Waals surface area contributed by atoms with Crippen LogP contribution in [0.2, 0.25) is 0 Å². The van der Waals surface area contributed by atoms with E-state index >= 15 is 0 Å². The predicted molar refractivity (Wildman–Crippen MR) is 69.9 cm³/mol. The molecule has 3 atom stereocenters. The molecule has 0 radical (unpaired) electrons. The van der Waals surface area contributed by atoms with Crippen molar-refractivity contribution in [2.24, 2.45) is 11.8 Å². The first kappa shape index (κ1) is 11.7. The number of fused-ring (bicyclic) bond motifs is 1. The van der Waals surface area contributed by atoms with Gasteiger partial charge in [0, 0.05) is 31.7 Å². The SMILES string of the molecule is CCC1C2CNCC2CN1c1cc(OC)ncn1. The highest BCUT2D eigenvalue weighted by molar-refractivity contribution is 5.44. The van der Waals surface area contributed by atoms with Gasteiger partial charge in [-0.05, 0) is 18.3 Å². The molecule has 2 saturated heterocycles. The van der Waals surface area contributed by atoms with Gasteiger partial charge >= 0.3 is 0 Å². The molecule has 98 valence electrons. The number of hydrogen-bond donors (Lipinski definition) is 1. The molecule has 0 amide bonds. The molecule has 2 fully saturated rings. The van der Waals surface area contributed by atoms with Gasteiger partial charge in [0.15, 0.2) is 0 Å². The summed E-state index contributed by atoms with van der Waals surface area (Å²) in [6.07, 6.45) is 2.75. The van der Waals surface area contributed by atoms with Crippen LogP contribution in [0, 0.1) is 11.8 Å². The molecule has 3 unspecified atom stereocenters. The second-order valence-electron chi connectivity index (χ2n) is 5.13. The monoisotopic (exact) mass is 248 g/mol. The van der Waals surface area contributed by atoms with Crippen LogP contribution in [-0.2, 0) is 0 Å². The number of nitrogens with one attached hydrogen (secondary N) is 1. The van der Waals surface area contributed by atoms with Gasteiger partial charge < -0.3 is 15.0 Å². The molecule has 0 bridgehead atoms. The van der Waals surface area contributed by atoms with Crippen LogP contribution < -0.4 is 15.0 Å². The van der Waals surface area contributed by atoms with E-state index < -0.39 is 0 Å². The summed E-state index contributed by atoms with van der Waals surface area (Å²) in [5, 5.41) is 3.50. The van der Waals surface area contributed by atoms with Gasteiger partial charge in [-0.2, -0.15) is 0 Å². The number of ether oxygens (including phenoxy) is 1. The van der Waals surface area contributed by atoms with E-state index in [-0.39, 0.29) is 0 Å². The fourth-order valence-electron chi connectivity index (χ4n) is 3.41. The van der Waals surface area contributed by atoms with Gasteiger partial charge in [-0.15, -0.1) is 0 Å². The smallest absolute Gasteiger partial charge is 0.218 e. The van der Waals surface area contributed by atoms with E-state index in [1.165, 1.54) is 0 Å². The zero-order valence-electron chi connectivity index (χ0n) is 11.0. The zero-order chi connectivity index (χ0) is 12.5. The Balaban J connectivity index is 1.86. The number of rotatable bonds is 3. The van der Waals surface area contributed by atoms with Crippen molar-refractivity contribution in [1.29, 1.82) is 0 Å². The highest BCUT2D eigenvalue weighted by Crippen LogP contribution is 2.37. The highest BCUT2D eigenvalue weighted by Gasteiger charge is 2.43. The minimum absolute atomic E-state index is 0.588. The average molecular weight is 248 g/mol. The van der Waals surface area contributed by atoms with Crippen molar-refractivity contribution >= 4 is 5.82 Å². The lowest BCUT2D eigenvalue weighted by Gasteiger charge is -2.27. The van der Waals surface area contributed by atoms with Gasteiger partial charge in [-0.3, -0.25) is 0 Å². The minimum atomic E-state index is 0.588. The summed E-state index contributed by atoms with van der Waals surface area (Å²) in [5.74, 6) is 3.17. The molecule has 0 saturated carbocycles. The summed E-state index contributed by atoms with van der Waals surface area (Å²) in [4.78, 5) is 10.9. The second kappa shape index (κ2) is 4.72. The fourth-order valence-corrected chi connectivity index (χ4v) is 3.41. The molecule has 3 heterocycles. The van der Waals surface area contributed by atoms with Gasteiger partial charge in [-0.1, -0.05) is 6.92 Å². The molecular weight excluding hydrogens is 228 g/mol. The van der Waals surface area contributed by atoms with Gasteiger partial charge in [0.1, 0.15) is 12.1 Å². The van der Waals surface area contributed by atoms with E-state index in [1.807, 2.05) is 6.07 Å². The number of nitrogens with zero attached hydrogens (tertiary/aromatic N) is 3. The Bertz CT molecular complexity index is 425. The predicted octanol–water partition coefficient (Wildman–Crippen LogP) is 0.919. The first-order valence-corrected chi connectivity index (χ1v) is 6.67. The molecule has 5 nitrogen and oxygen atoms in total. The largest absolute Gasteiger partial charge is 0.481 e. The van der Waals surface area contributed by atoms with Crippen LogP contribution >= 0.6 is 0 Å². The van der Waals surface area contributed by atoms with E-state index in [1.54, 1.807) is 13.4 Å². The lowest BCUT2D eigenvalue weighted by atomic mass is 9.93. The van der Waals surface area contributed by atoms with E-state index in [0.29, 0.717) is 11.9 Å². The molecule has 0 aromatic carbocycles. The number of hydrogen-bond acceptors (Lipinski definition) is 5. The molecule has 1 N–H and O–H groups in total. The molecular formula is C13H20N4O. The number of aromatic nitrogens is 2. The zero-order valence-corrected chi connectivity index (χ0v) is 11.0. The Morgan fingerprint density at radius 1 is 1.44 bits per heavy atom. The van der Waals surface area contributed by atoms with Crippen LogP contribution in [0.4, 0.5) is 5.82 Å². The summed E-state index contributed by atoms with van der Waals surface area (Å²) < 4.78 is 5.19. The molecule has 5 heteroatoms. The van der Waals surface area contributed by atoms with Crippen molar-refractivity contribution < 1.29 is 4.74 Å². The van der Waals surface area contributed by atoms with Gasteiger partial charge in [0.05, 0.1) is 7.11 Å². The average Bonchev–Trinajstić information content (AvgIpc) is 2.98. The number of methoxy groups -OCH3 is 1. The lowest BCUT2D eigenvalue weighted by Crippen LogP contribution is -2.35. The van der Waals surface area contributed by atoms with Crippen LogP contribution in [0.1, 0.15) is 13.3 Å². The number of anilines is 1. The maximum Gasteiger partial charge on any atom is 0.218 e. The topological polar surface area (TPSA) is 50.3 Å². The van der Waals surface area contributed by atoms with Gasteiger partial charge in [0.25, 0.3) is 0 Å². The molecule has 1 aromatic rings. The Morgan fingerprint density at radius 2 is 2.33 bits per heavy atom. The third-order valence-electron chi connectivity index (χ3n) is 4.27. The Labute approximate surface area is 108 Å². The minimum Gasteiger partial charge on any atom is -0.481 e. The quantitative estimate of drug-likeness (QED) is 0.862. The summed E-state index contributed by atoms with van der Waals surface area (Å²) in [6, 6.07) is 2.53. The van der Waals surface area contributed by atoms with E-state index in [9.17, 15) is 0 Å². The third-order valence-corrected chi connectivity index (χ3v) is 4.27. The molecule has 2 aliphatic rings. The normalized spacial score (nSPS) is 30.6. The summed E-state index contributed by atoms with van der Waals surface area (Å²) in [5.41, 5.74) is 0. The van der Waals surface area contributed by atoms with Gasteiger partial charge in [-0.25, -0.2) is 9.97 Å². The van der Waals surface area contributed by atoms with Gasteiger partial charge in [0.2, 0.25) is 5.88 Å². The lowest BCUT2D eigenvalue weighted by molar-refractivity contribution is 0.396. The summed E-state index contributed by atoms with van der Waals surface area (Å²) >= 11 is 0. The van der Waals surface area contributed by atoms with Crippen LogP contribution in [0.3, 0.4) is 0 Å². The molecule has 2 aliphatic heterocycles. The van der Waals surface area contributed by atoms with Crippen molar-refractivity contribution in [3.05, 3.63) is 12.4 Å². The molecule has 18 heavy (non-hydrogen) atoms. The van der Waals surface area contributed by atoms with Crippen molar-refractivity contribution in [1.82, 2.24) is 15.3 Å². The standard InChI is InChI=1S/C13H20N4O/c1-3-11-10-6-14-5-9(10)7-17(11)12-4-13(18-2)16-8-15-12/h4,8-11,14H,3,5-7H2,1-2H3. The molecule has 3 rings (SSSR count). The van der Waals surface area contributed by atoms with Crippen LogP contribution in [-0.4, -0.2) is 42.8 Å². The third kappa shape index (κ3) is 1.82. The van der Waals surface area contributed by atoms with Crippen LogP contribution in [0.25, 0.3) is 0 Å². The molecule has 1 aromatic heterocycles. The summed E-state index contributed by atoms with van der Waals surface area (Å²) in [6.45, 7) is 5.63. The van der Waals surface area contributed by atoms with E-state index in [0.717, 1.165) is 43.7 Å². The first-order chi connectivity index (χ1) is 8.83. The van der Waals surface area contributed by atoms with Crippen molar-refractivity contribution in [3.63, 3.8) is 0 Å². The van der Waals surface area contributed by atoms with Crippen LogP contribution in [0.5, 0.6) is 5.88 Å². The van der Waals surface area contributed by atoms with E-state index in [4.69, 9.17) is 4.74 Å². The second-order valence-corrected chi connectivity index (χ2v) is 5.13. The highest BCUT2D eigenvalue weighted by atomic mass is 16.5. The molecule has 0 aliphatic carbocycles. The first-order valence-electron chi connectivity index (χ1n) is 6.67. The van der Waals surface area contributed by atoms with Crippen LogP contribution in [0.15, 0.2) is 12.4 Å². The van der Waals surface area contributed by atoms with E-state index in [2.05, 4.69) is 27.1 Å². The maximum absolute atomic E-state index is 5.19. The Hall–Kier alpha value is -1.36. The maximum atomic E-state index is 5.19. The fraction of sp³-hybridized carbons (Fsp3) is 0.692. The molecule has 0 spiro atoms. The van der Waals surface area contributed by atoms with Crippen molar-refractivity contribution in [3.8, 4) is 5.88 Å². The Morgan fingerprint density at radius 3 is 3.11 bits per heavy atom.